The van der Waals surface area contributed by atoms with Gasteiger partial charge in [0.25, 0.3) is 11.8 Å². The van der Waals surface area contributed by atoms with Gasteiger partial charge in [0.2, 0.25) is 0 Å². The summed E-state index contributed by atoms with van der Waals surface area (Å²) in [7, 11) is 0. The highest BCUT2D eigenvalue weighted by Gasteiger charge is 2.30. The fraction of sp³-hybridized carbons (Fsp3) is 0.278. The van der Waals surface area contributed by atoms with Gasteiger partial charge >= 0.3 is 6.18 Å². The van der Waals surface area contributed by atoms with Gasteiger partial charge in [-0.3, -0.25) is 14.6 Å². The zero-order chi connectivity index (χ0) is 20.0. The molecule has 27 heavy (non-hydrogen) atoms. The van der Waals surface area contributed by atoms with Crippen molar-refractivity contribution in [2.24, 2.45) is 0 Å². The molecule has 1 aromatic heterocycles. The Labute approximate surface area is 153 Å². The van der Waals surface area contributed by atoms with Crippen LogP contribution in [0.15, 0.2) is 42.7 Å². The third-order valence-corrected chi connectivity index (χ3v) is 3.56. The lowest BCUT2D eigenvalue weighted by atomic mass is 10.1. The Morgan fingerprint density at radius 2 is 1.81 bits per heavy atom. The van der Waals surface area contributed by atoms with Crippen LogP contribution in [0.4, 0.5) is 24.5 Å². The first kappa shape index (κ1) is 20.4. The Balaban J connectivity index is 2.04. The zero-order valence-electron chi connectivity index (χ0n) is 14.6. The second kappa shape index (κ2) is 8.63. The van der Waals surface area contributed by atoms with Gasteiger partial charge < -0.3 is 15.4 Å². The predicted octanol–water partition coefficient (Wildman–Crippen LogP) is 3.55. The number of nitrogens with zero attached hydrogens (tertiary/aromatic N) is 1. The maximum atomic E-state index is 12.2. The number of ether oxygens (including phenoxy) is 1. The molecule has 0 radical (unpaired) electrons. The molecule has 2 N–H and O–H groups in total. The molecule has 1 unspecified atom stereocenters. The van der Waals surface area contributed by atoms with Gasteiger partial charge in [-0.05, 0) is 43.7 Å². The Morgan fingerprint density at radius 1 is 1.15 bits per heavy atom. The minimum atomic E-state index is -4.51. The van der Waals surface area contributed by atoms with E-state index >= 15 is 0 Å². The van der Waals surface area contributed by atoms with Crippen LogP contribution in [-0.4, -0.2) is 35.7 Å². The van der Waals surface area contributed by atoms with Crippen molar-refractivity contribution >= 4 is 23.2 Å². The number of benzene rings is 1. The average molecular weight is 381 g/mol. The number of nitrogens with one attached hydrogen (secondary N) is 2. The summed E-state index contributed by atoms with van der Waals surface area (Å²) >= 11 is 0. The maximum Gasteiger partial charge on any atom is 0.411 e. The number of hydrogen-bond acceptors (Lipinski definition) is 4. The quantitative estimate of drug-likeness (QED) is 0.802. The summed E-state index contributed by atoms with van der Waals surface area (Å²) in [4.78, 5) is 28.0. The Kier molecular flexibility index (Phi) is 6.51. The molecule has 0 aliphatic carbocycles. The lowest BCUT2D eigenvalue weighted by Gasteiger charge is -2.16. The molecule has 144 valence electrons. The number of aryl methyl sites for hydroxylation is 1. The summed E-state index contributed by atoms with van der Waals surface area (Å²) in [6.07, 6.45) is -2.83. The monoisotopic (exact) mass is 381 g/mol. The van der Waals surface area contributed by atoms with Crippen LogP contribution >= 0.6 is 0 Å². The van der Waals surface area contributed by atoms with Crippen LogP contribution < -0.4 is 10.6 Å². The fourth-order valence-corrected chi connectivity index (χ4v) is 2.07. The second-order valence-electron chi connectivity index (χ2n) is 5.78. The van der Waals surface area contributed by atoms with Crippen molar-refractivity contribution in [1.29, 1.82) is 0 Å². The molecular formula is C18H18F3N3O3. The van der Waals surface area contributed by atoms with Gasteiger partial charge in [-0.15, -0.1) is 0 Å². The number of carbonyl (C=O) groups is 2. The van der Waals surface area contributed by atoms with E-state index in [4.69, 9.17) is 0 Å². The number of alkyl halides is 3. The summed E-state index contributed by atoms with van der Waals surface area (Å²) in [5.74, 6) is -1.08. The Bertz CT molecular complexity index is 810. The minimum Gasteiger partial charge on any atom is -0.359 e. The molecular weight excluding hydrogens is 363 g/mol. The van der Waals surface area contributed by atoms with E-state index in [9.17, 15) is 22.8 Å². The van der Waals surface area contributed by atoms with Gasteiger partial charge in [-0.1, -0.05) is 6.07 Å². The van der Waals surface area contributed by atoms with E-state index in [0.717, 1.165) is 5.56 Å². The molecule has 0 aliphatic rings. The van der Waals surface area contributed by atoms with Gasteiger partial charge in [0.1, 0.15) is 12.7 Å². The van der Waals surface area contributed by atoms with Crippen LogP contribution in [0, 0.1) is 6.92 Å². The average Bonchev–Trinajstić information content (AvgIpc) is 2.62. The third kappa shape index (κ3) is 6.37. The molecule has 9 heteroatoms. The Hall–Kier alpha value is -2.94. The van der Waals surface area contributed by atoms with Crippen LogP contribution in [0.1, 0.15) is 22.8 Å². The summed E-state index contributed by atoms with van der Waals surface area (Å²) in [6.45, 7) is 1.48. The van der Waals surface area contributed by atoms with Crippen molar-refractivity contribution in [3.63, 3.8) is 0 Å². The number of anilines is 2. The molecule has 1 aromatic carbocycles. The number of carbonyl (C=O) groups excluding carboxylic acids is 2. The number of pyridine rings is 1. The topological polar surface area (TPSA) is 80.3 Å². The normalized spacial score (nSPS) is 12.3. The van der Waals surface area contributed by atoms with E-state index < -0.39 is 24.8 Å². The molecule has 0 saturated heterocycles. The highest BCUT2D eigenvalue weighted by atomic mass is 19.4. The highest BCUT2D eigenvalue weighted by molar-refractivity contribution is 6.05. The molecule has 2 amide bonds. The fourth-order valence-electron chi connectivity index (χ4n) is 2.07. The maximum absolute atomic E-state index is 12.2. The SMILES string of the molecule is Cc1ccc(NC(=O)C(C)OCC(F)(F)F)cc1NC(=O)c1ccncc1. The number of amides is 2. The van der Waals surface area contributed by atoms with E-state index in [0.29, 0.717) is 16.9 Å². The molecule has 0 aliphatic heterocycles. The third-order valence-electron chi connectivity index (χ3n) is 3.56. The van der Waals surface area contributed by atoms with Crippen molar-refractivity contribution in [1.82, 2.24) is 4.98 Å². The first-order valence-corrected chi connectivity index (χ1v) is 7.97. The minimum absolute atomic E-state index is 0.318. The van der Waals surface area contributed by atoms with Crippen molar-refractivity contribution < 1.29 is 27.5 Å². The Morgan fingerprint density at radius 3 is 2.44 bits per heavy atom. The van der Waals surface area contributed by atoms with E-state index in [1.54, 1.807) is 31.2 Å². The smallest absolute Gasteiger partial charge is 0.359 e. The molecule has 0 spiro atoms. The van der Waals surface area contributed by atoms with Gasteiger partial charge in [0.05, 0.1) is 0 Å². The first-order valence-electron chi connectivity index (χ1n) is 7.97. The van der Waals surface area contributed by atoms with Crippen molar-refractivity contribution in [2.45, 2.75) is 26.1 Å². The van der Waals surface area contributed by atoms with Crippen molar-refractivity contribution in [3.8, 4) is 0 Å². The van der Waals surface area contributed by atoms with Gasteiger partial charge in [0.15, 0.2) is 0 Å². The largest absolute Gasteiger partial charge is 0.411 e. The summed E-state index contributed by atoms with van der Waals surface area (Å²) in [6, 6.07) is 7.86. The number of halogens is 3. The molecule has 1 heterocycles. The molecule has 0 saturated carbocycles. The molecule has 2 aromatic rings. The van der Waals surface area contributed by atoms with Crippen LogP contribution in [0.25, 0.3) is 0 Å². The van der Waals surface area contributed by atoms with E-state index in [2.05, 4.69) is 20.4 Å². The lowest BCUT2D eigenvalue weighted by Crippen LogP contribution is -2.31. The van der Waals surface area contributed by atoms with Crippen molar-refractivity contribution in [3.05, 3.63) is 53.9 Å². The van der Waals surface area contributed by atoms with Crippen molar-refractivity contribution in [2.75, 3.05) is 17.2 Å². The standard InChI is InChI=1S/C18H18F3N3O3/c1-11-3-4-14(23-16(25)12(2)27-10-18(19,20)21)9-15(11)24-17(26)13-5-7-22-8-6-13/h3-9,12H,10H2,1-2H3,(H,23,25)(H,24,26). The molecule has 6 nitrogen and oxygen atoms in total. The summed E-state index contributed by atoms with van der Waals surface area (Å²) in [5, 5.41) is 5.18. The highest BCUT2D eigenvalue weighted by Crippen LogP contribution is 2.22. The van der Waals surface area contributed by atoms with Gasteiger partial charge in [0, 0.05) is 29.3 Å². The predicted molar refractivity (Wildman–Crippen MR) is 93.5 cm³/mol. The molecule has 2 rings (SSSR count). The van der Waals surface area contributed by atoms with Crippen LogP contribution in [-0.2, 0) is 9.53 Å². The van der Waals surface area contributed by atoms with Gasteiger partial charge in [-0.2, -0.15) is 13.2 Å². The van der Waals surface area contributed by atoms with Crippen LogP contribution in [0.3, 0.4) is 0 Å². The number of rotatable bonds is 6. The zero-order valence-corrected chi connectivity index (χ0v) is 14.6. The van der Waals surface area contributed by atoms with Gasteiger partial charge in [-0.25, -0.2) is 0 Å². The van der Waals surface area contributed by atoms with E-state index in [-0.39, 0.29) is 5.91 Å². The first-order chi connectivity index (χ1) is 12.7. The molecule has 1 atom stereocenters. The summed E-state index contributed by atoms with van der Waals surface area (Å²) in [5.41, 5.74) is 1.93. The van der Waals surface area contributed by atoms with E-state index in [1.165, 1.54) is 25.4 Å². The molecule has 0 bridgehead atoms. The summed E-state index contributed by atoms with van der Waals surface area (Å²) < 4.78 is 41.0. The second-order valence-corrected chi connectivity index (χ2v) is 5.78. The van der Waals surface area contributed by atoms with E-state index in [1.807, 2.05) is 0 Å². The number of hydrogen-bond donors (Lipinski definition) is 2. The van der Waals surface area contributed by atoms with Crippen LogP contribution in [0.2, 0.25) is 0 Å². The molecule has 0 fully saturated rings. The lowest BCUT2D eigenvalue weighted by molar-refractivity contribution is -0.184. The number of aromatic nitrogens is 1. The van der Waals surface area contributed by atoms with Crippen LogP contribution in [0.5, 0.6) is 0 Å².